The molecule has 0 radical (unpaired) electrons. The minimum Gasteiger partial charge on any atom is -0.350 e. The zero-order valence-electron chi connectivity index (χ0n) is 19.8. The number of nitrogens with zero attached hydrogens (tertiary/aromatic N) is 1. The highest BCUT2D eigenvalue weighted by Gasteiger charge is 2.31. The molecular formula is C25H32N4O4S. The Balaban J connectivity index is 1.72. The summed E-state index contributed by atoms with van der Waals surface area (Å²) >= 11 is 0. The molecule has 3 N–H and O–H groups in total. The topological polar surface area (TPSA) is 117 Å². The molecule has 1 aliphatic heterocycles. The molecule has 3 rings (SSSR count). The summed E-state index contributed by atoms with van der Waals surface area (Å²) in [5, 5.41) is 5.80. The fourth-order valence-corrected chi connectivity index (χ4v) is 4.79. The second-order valence-corrected chi connectivity index (χ2v) is 10.1. The van der Waals surface area contributed by atoms with Gasteiger partial charge in [-0.1, -0.05) is 57.9 Å². The number of fused-ring (bicyclic) bond motifs is 1. The van der Waals surface area contributed by atoms with Crippen molar-refractivity contribution < 1.29 is 18.0 Å². The molecule has 2 atom stereocenters. The van der Waals surface area contributed by atoms with E-state index in [1.54, 1.807) is 18.2 Å². The number of unbranched alkanes of at least 4 members (excludes halogenated alkanes) is 1. The van der Waals surface area contributed by atoms with Gasteiger partial charge in [-0.15, -0.1) is 0 Å². The van der Waals surface area contributed by atoms with Crippen LogP contribution in [-0.4, -0.2) is 32.1 Å². The molecule has 0 spiro atoms. The molecule has 1 aliphatic rings. The number of benzene rings is 2. The van der Waals surface area contributed by atoms with Gasteiger partial charge >= 0.3 is 0 Å². The second kappa shape index (κ2) is 11.3. The van der Waals surface area contributed by atoms with Crippen LogP contribution in [0.4, 0.5) is 5.69 Å². The maximum absolute atomic E-state index is 13.0. The Bertz CT molecular complexity index is 1180. The molecule has 0 saturated heterocycles. The van der Waals surface area contributed by atoms with E-state index in [1.165, 1.54) is 6.07 Å². The van der Waals surface area contributed by atoms with Crippen LogP contribution in [-0.2, 0) is 26.2 Å². The Morgan fingerprint density at radius 1 is 1.06 bits per heavy atom. The van der Waals surface area contributed by atoms with Crippen LogP contribution in [0, 0.1) is 5.92 Å². The van der Waals surface area contributed by atoms with Crippen molar-refractivity contribution in [3.05, 3.63) is 59.7 Å². The first-order valence-electron chi connectivity index (χ1n) is 11.6. The van der Waals surface area contributed by atoms with Crippen LogP contribution in [0.2, 0.25) is 0 Å². The van der Waals surface area contributed by atoms with E-state index in [0.29, 0.717) is 17.7 Å². The van der Waals surface area contributed by atoms with Crippen molar-refractivity contribution in [2.24, 2.45) is 10.9 Å². The Morgan fingerprint density at radius 3 is 2.56 bits per heavy atom. The van der Waals surface area contributed by atoms with Crippen LogP contribution in [0.15, 0.2) is 58.4 Å². The lowest BCUT2D eigenvalue weighted by Gasteiger charge is -2.15. The molecule has 0 aromatic heterocycles. The maximum Gasteiger partial charge on any atom is 0.263 e. The first-order chi connectivity index (χ1) is 16.2. The van der Waals surface area contributed by atoms with Crippen LogP contribution in [0.1, 0.15) is 57.6 Å². The third-order valence-electron chi connectivity index (χ3n) is 5.80. The summed E-state index contributed by atoms with van der Waals surface area (Å²) in [7, 11) is -3.67. The van der Waals surface area contributed by atoms with Gasteiger partial charge in [0.25, 0.3) is 10.0 Å². The molecule has 0 bridgehead atoms. The van der Waals surface area contributed by atoms with E-state index in [-0.39, 0.29) is 35.0 Å². The Kier molecular flexibility index (Phi) is 8.44. The number of rotatable bonds is 10. The van der Waals surface area contributed by atoms with Gasteiger partial charge in [-0.3, -0.25) is 19.3 Å². The van der Waals surface area contributed by atoms with Gasteiger partial charge in [0.2, 0.25) is 11.8 Å². The summed E-state index contributed by atoms with van der Waals surface area (Å²) in [4.78, 5) is 29.8. The van der Waals surface area contributed by atoms with Gasteiger partial charge in [0.15, 0.2) is 0 Å². The number of carbonyl (C=O) groups excluding carboxylic acids is 2. The van der Waals surface area contributed by atoms with Crippen LogP contribution in [0.3, 0.4) is 0 Å². The van der Waals surface area contributed by atoms with Crippen molar-refractivity contribution in [3.63, 3.8) is 0 Å². The van der Waals surface area contributed by atoms with Crippen molar-refractivity contribution in [2.75, 3.05) is 5.32 Å². The number of carbonyl (C=O) groups is 2. The highest BCUT2D eigenvalue weighted by Crippen LogP contribution is 2.23. The van der Waals surface area contributed by atoms with Crippen molar-refractivity contribution in [2.45, 2.75) is 63.9 Å². The Hall–Kier alpha value is -3.20. The van der Waals surface area contributed by atoms with Crippen molar-refractivity contribution in [1.82, 2.24) is 10.0 Å². The van der Waals surface area contributed by atoms with Gasteiger partial charge in [-0.05, 0) is 42.7 Å². The SMILES string of the molecule is CCCCC(N=C1NS(=O)(=O)c2ccccc21)C(=O)NCc1cccc(NC(=O)C(C)CC)c1. The van der Waals surface area contributed by atoms with E-state index in [9.17, 15) is 18.0 Å². The molecule has 2 aromatic carbocycles. The van der Waals surface area contributed by atoms with Crippen molar-refractivity contribution >= 4 is 33.4 Å². The number of sulfonamides is 1. The van der Waals surface area contributed by atoms with Crippen molar-refractivity contribution in [3.8, 4) is 0 Å². The number of amidine groups is 1. The fourth-order valence-electron chi connectivity index (χ4n) is 3.55. The largest absolute Gasteiger partial charge is 0.350 e. The predicted octanol–water partition coefficient (Wildman–Crippen LogP) is 3.58. The molecule has 2 amide bonds. The Morgan fingerprint density at radius 2 is 1.82 bits per heavy atom. The van der Waals surface area contributed by atoms with Gasteiger partial charge in [-0.2, -0.15) is 0 Å². The molecule has 0 fully saturated rings. The normalized spacial score (nSPS) is 16.9. The second-order valence-electron chi connectivity index (χ2n) is 8.45. The summed E-state index contributed by atoms with van der Waals surface area (Å²) in [5.74, 6) is -0.210. The number of nitrogens with one attached hydrogen (secondary N) is 3. The van der Waals surface area contributed by atoms with Gasteiger partial charge in [0.05, 0.1) is 4.90 Å². The smallest absolute Gasteiger partial charge is 0.263 e. The van der Waals surface area contributed by atoms with Gasteiger partial charge < -0.3 is 10.6 Å². The average Bonchev–Trinajstić information content (AvgIpc) is 3.09. The monoisotopic (exact) mass is 484 g/mol. The molecule has 8 nitrogen and oxygen atoms in total. The van der Waals surface area contributed by atoms with Crippen LogP contribution in [0.25, 0.3) is 0 Å². The lowest BCUT2D eigenvalue weighted by Crippen LogP contribution is -2.35. The zero-order valence-corrected chi connectivity index (χ0v) is 20.6. The molecule has 34 heavy (non-hydrogen) atoms. The van der Waals surface area contributed by atoms with E-state index in [1.807, 2.05) is 45.0 Å². The van der Waals surface area contributed by atoms with E-state index >= 15 is 0 Å². The maximum atomic E-state index is 13.0. The van der Waals surface area contributed by atoms with Crippen LogP contribution in [0.5, 0.6) is 0 Å². The minimum absolute atomic E-state index is 0.0431. The summed E-state index contributed by atoms with van der Waals surface area (Å²) in [6.45, 7) is 6.13. The highest BCUT2D eigenvalue weighted by molar-refractivity contribution is 7.90. The molecule has 2 aromatic rings. The summed E-state index contributed by atoms with van der Waals surface area (Å²) in [5.41, 5.74) is 1.99. The van der Waals surface area contributed by atoms with Crippen molar-refractivity contribution in [1.29, 1.82) is 0 Å². The molecule has 0 aliphatic carbocycles. The standard InChI is InChI=1S/C25H32N4O4S/c1-4-6-13-21(28-23-20-12-7-8-14-22(20)34(32,33)29-23)25(31)26-16-18-10-9-11-19(15-18)27-24(30)17(3)5-2/h7-12,14-15,17,21H,4-6,13,16H2,1-3H3,(H,26,31)(H,27,30)(H,28,29). The number of anilines is 1. The third kappa shape index (κ3) is 6.22. The molecule has 0 saturated carbocycles. The molecule has 182 valence electrons. The zero-order chi connectivity index (χ0) is 24.7. The van der Waals surface area contributed by atoms with Gasteiger partial charge in [0.1, 0.15) is 11.9 Å². The number of amides is 2. The molecule has 2 unspecified atom stereocenters. The Labute approximate surface area is 201 Å². The van der Waals surface area contributed by atoms with Crippen LogP contribution >= 0.6 is 0 Å². The predicted molar refractivity (Wildman–Crippen MR) is 133 cm³/mol. The molecule has 1 heterocycles. The summed E-state index contributed by atoms with van der Waals surface area (Å²) < 4.78 is 27.2. The number of hydrogen-bond acceptors (Lipinski definition) is 5. The quantitative estimate of drug-likeness (QED) is 0.478. The summed E-state index contributed by atoms with van der Waals surface area (Å²) in [6.07, 6.45) is 2.92. The third-order valence-corrected chi connectivity index (χ3v) is 7.20. The number of aliphatic imine (C=N–C) groups is 1. The van der Waals surface area contributed by atoms with E-state index in [2.05, 4.69) is 20.3 Å². The van der Waals surface area contributed by atoms with E-state index in [4.69, 9.17) is 0 Å². The lowest BCUT2D eigenvalue weighted by atomic mass is 10.1. The first kappa shape index (κ1) is 25.4. The van der Waals surface area contributed by atoms with Gasteiger partial charge in [0, 0.05) is 23.7 Å². The van der Waals surface area contributed by atoms with E-state index in [0.717, 1.165) is 24.8 Å². The first-order valence-corrected chi connectivity index (χ1v) is 13.1. The highest BCUT2D eigenvalue weighted by atomic mass is 32.2. The van der Waals surface area contributed by atoms with Crippen LogP contribution < -0.4 is 15.4 Å². The molecular weight excluding hydrogens is 452 g/mol. The molecule has 9 heteroatoms. The fraction of sp³-hybridized carbons (Fsp3) is 0.400. The average molecular weight is 485 g/mol. The van der Waals surface area contributed by atoms with Gasteiger partial charge in [-0.25, -0.2) is 8.42 Å². The lowest BCUT2D eigenvalue weighted by molar-refractivity contribution is -0.122. The summed E-state index contributed by atoms with van der Waals surface area (Å²) in [6, 6.07) is 13.2. The number of hydrogen-bond donors (Lipinski definition) is 3. The minimum atomic E-state index is -3.67. The van der Waals surface area contributed by atoms with E-state index < -0.39 is 16.1 Å².